The van der Waals surface area contributed by atoms with E-state index in [1.165, 1.54) is 6.07 Å². The Balaban J connectivity index is 1.99. The second-order valence-corrected chi connectivity index (χ2v) is 5.96. The van der Waals surface area contributed by atoms with Gasteiger partial charge in [-0.2, -0.15) is 11.8 Å². The fourth-order valence-electron chi connectivity index (χ4n) is 1.93. The van der Waals surface area contributed by atoms with Crippen molar-refractivity contribution in [1.82, 2.24) is 0 Å². The van der Waals surface area contributed by atoms with E-state index in [2.05, 4.69) is 6.92 Å². The van der Waals surface area contributed by atoms with E-state index >= 15 is 0 Å². The molecule has 2 atom stereocenters. The highest BCUT2D eigenvalue weighted by molar-refractivity contribution is 7.99. The molecule has 1 fully saturated rings. The zero-order valence-corrected chi connectivity index (χ0v) is 11.6. The maximum atomic E-state index is 10.8. The highest BCUT2D eigenvalue weighted by Crippen LogP contribution is 2.31. The van der Waals surface area contributed by atoms with Crippen LogP contribution in [-0.2, 0) is 10.5 Å². The summed E-state index contributed by atoms with van der Waals surface area (Å²) in [6, 6.07) is 4.90. The first kappa shape index (κ1) is 13.7. The molecular weight excluding hydrogens is 272 g/mol. The van der Waals surface area contributed by atoms with Gasteiger partial charge < -0.3 is 9.84 Å². The monoisotopic (exact) mass is 286 g/mol. The quantitative estimate of drug-likeness (QED) is 0.921. The van der Waals surface area contributed by atoms with Crippen LogP contribution in [0.25, 0.3) is 0 Å². The first-order chi connectivity index (χ1) is 8.58. The predicted octanol–water partition coefficient (Wildman–Crippen LogP) is 3.45. The third-order valence-electron chi connectivity index (χ3n) is 3.06. The molecule has 0 aliphatic carbocycles. The summed E-state index contributed by atoms with van der Waals surface area (Å²) in [5.41, 5.74) is 1.21. The Hall–Kier alpha value is -0.710. The van der Waals surface area contributed by atoms with E-state index < -0.39 is 5.97 Å². The lowest BCUT2D eigenvalue weighted by molar-refractivity contribution is 0.0697. The van der Waals surface area contributed by atoms with Gasteiger partial charge in [0.15, 0.2) is 0 Å². The van der Waals surface area contributed by atoms with Crippen LogP contribution in [0.2, 0.25) is 5.02 Å². The molecule has 5 heteroatoms. The molecule has 1 aliphatic heterocycles. The summed E-state index contributed by atoms with van der Waals surface area (Å²) in [4.78, 5) is 10.8. The molecule has 0 amide bonds. The average molecular weight is 287 g/mol. The van der Waals surface area contributed by atoms with Gasteiger partial charge in [0.05, 0.1) is 11.7 Å². The molecule has 18 heavy (non-hydrogen) atoms. The number of halogens is 1. The first-order valence-corrected chi connectivity index (χ1v) is 7.25. The van der Waals surface area contributed by atoms with Gasteiger partial charge in [0.2, 0.25) is 0 Å². The van der Waals surface area contributed by atoms with Gasteiger partial charge in [0.25, 0.3) is 0 Å². The van der Waals surface area contributed by atoms with Crippen LogP contribution in [0.5, 0.6) is 0 Å². The average Bonchev–Trinajstić information content (AvgIpc) is 2.73. The molecule has 0 spiro atoms. The Morgan fingerprint density at radius 1 is 1.61 bits per heavy atom. The van der Waals surface area contributed by atoms with Crippen molar-refractivity contribution in [2.75, 3.05) is 6.61 Å². The van der Waals surface area contributed by atoms with Crippen molar-refractivity contribution in [3.05, 3.63) is 34.3 Å². The highest BCUT2D eigenvalue weighted by atomic mass is 35.5. The van der Waals surface area contributed by atoms with Crippen LogP contribution >= 0.6 is 23.4 Å². The van der Waals surface area contributed by atoms with E-state index in [0.29, 0.717) is 10.3 Å². The van der Waals surface area contributed by atoms with Crippen molar-refractivity contribution in [2.24, 2.45) is 0 Å². The van der Waals surface area contributed by atoms with E-state index in [-0.39, 0.29) is 11.7 Å². The second-order valence-electron chi connectivity index (χ2n) is 4.33. The molecule has 0 aromatic heterocycles. The number of carbonyl (C=O) groups is 1. The predicted molar refractivity (Wildman–Crippen MR) is 73.5 cm³/mol. The van der Waals surface area contributed by atoms with Crippen molar-refractivity contribution in [1.29, 1.82) is 0 Å². The lowest BCUT2D eigenvalue weighted by Gasteiger charge is -2.14. The molecule has 1 saturated heterocycles. The number of hydrogen-bond acceptors (Lipinski definition) is 3. The molecule has 3 nitrogen and oxygen atoms in total. The Morgan fingerprint density at radius 2 is 2.39 bits per heavy atom. The number of hydrogen-bond donors (Lipinski definition) is 1. The zero-order valence-electron chi connectivity index (χ0n) is 10.1. The number of benzene rings is 1. The van der Waals surface area contributed by atoms with Crippen molar-refractivity contribution >= 4 is 29.3 Å². The Morgan fingerprint density at radius 3 is 2.94 bits per heavy atom. The summed E-state index contributed by atoms with van der Waals surface area (Å²) < 4.78 is 5.50. The lowest BCUT2D eigenvalue weighted by atomic mass is 10.1. The fraction of sp³-hybridized carbons (Fsp3) is 0.462. The van der Waals surface area contributed by atoms with Crippen LogP contribution in [0.15, 0.2) is 18.2 Å². The maximum Gasteiger partial charge on any atom is 0.335 e. The summed E-state index contributed by atoms with van der Waals surface area (Å²) >= 11 is 7.90. The van der Waals surface area contributed by atoms with Gasteiger partial charge >= 0.3 is 5.97 Å². The number of thioether (sulfide) groups is 1. The summed E-state index contributed by atoms with van der Waals surface area (Å²) in [5.74, 6) is -0.161. The fourth-order valence-corrected chi connectivity index (χ4v) is 3.51. The number of ether oxygens (including phenoxy) is 1. The number of rotatable bonds is 4. The third kappa shape index (κ3) is 3.19. The van der Waals surface area contributed by atoms with E-state index in [9.17, 15) is 4.79 Å². The van der Waals surface area contributed by atoms with E-state index in [1.807, 2.05) is 11.8 Å². The first-order valence-electron chi connectivity index (χ1n) is 5.83. The van der Waals surface area contributed by atoms with Crippen molar-refractivity contribution < 1.29 is 14.6 Å². The molecule has 1 aliphatic rings. The summed E-state index contributed by atoms with van der Waals surface area (Å²) in [5, 5.41) is 9.88. The minimum Gasteiger partial charge on any atom is -0.478 e. The van der Waals surface area contributed by atoms with Gasteiger partial charge in [0, 0.05) is 22.6 Å². The molecule has 0 radical (unpaired) electrons. The van der Waals surface area contributed by atoms with Gasteiger partial charge in [-0.3, -0.25) is 0 Å². The number of carboxylic acid groups (broad SMARTS) is 1. The summed E-state index contributed by atoms with van der Waals surface area (Å²) in [7, 11) is 0. The molecule has 1 heterocycles. The minimum atomic E-state index is -0.950. The largest absolute Gasteiger partial charge is 0.478 e. The molecule has 2 unspecified atom stereocenters. The van der Waals surface area contributed by atoms with E-state index in [4.69, 9.17) is 21.4 Å². The molecular formula is C13H15ClO3S. The minimum absolute atomic E-state index is 0.228. The Bertz CT molecular complexity index is 450. The normalized spacial score (nSPS) is 23.2. The maximum absolute atomic E-state index is 10.8. The lowest BCUT2D eigenvalue weighted by Crippen LogP contribution is -2.13. The molecule has 2 rings (SSSR count). The van der Waals surface area contributed by atoms with Crippen molar-refractivity contribution in [2.45, 2.75) is 30.5 Å². The molecule has 0 bridgehead atoms. The zero-order chi connectivity index (χ0) is 13.1. The Kier molecular flexibility index (Phi) is 4.54. The van der Waals surface area contributed by atoms with Crippen LogP contribution in [0.1, 0.15) is 29.3 Å². The highest BCUT2D eigenvalue weighted by Gasteiger charge is 2.24. The van der Waals surface area contributed by atoms with E-state index in [1.54, 1.807) is 12.1 Å². The number of aromatic carboxylic acids is 1. The molecule has 1 aromatic carbocycles. The molecule has 0 saturated carbocycles. The van der Waals surface area contributed by atoms with Crippen LogP contribution in [0, 0.1) is 0 Å². The number of carboxylic acids is 1. The van der Waals surface area contributed by atoms with Crippen LogP contribution < -0.4 is 0 Å². The molecule has 1 aromatic rings. The van der Waals surface area contributed by atoms with Gasteiger partial charge in [-0.15, -0.1) is 0 Å². The van der Waals surface area contributed by atoms with Crippen LogP contribution in [0.3, 0.4) is 0 Å². The third-order valence-corrected chi connectivity index (χ3v) is 4.94. The van der Waals surface area contributed by atoms with Gasteiger partial charge in [-0.25, -0.2) is 4.79 Å². The van der Waals surface area contributed by atoms with Gasteiger partial charge in [-0.1, -0.05) is 17.7 Å². The standard InChI is InChI=1S/C13H15ClO3S/c1-8-12(4-5-17-8)18-7-10-3-2-9(13(15)16)6-11(10)14/h2-3,6,8,12H,4-5,7H2,1H3,(H,15,16). The van der Waals surface area contributed by atoms with Crippen molar-refractivity contribution in [3.8, 4) is 0 Å². The van der Waals surface area contributed by atoms with Crippen LogP contribution in [0.4, 0.5) is 0 Å². The summed E-state index contributed by atoms with van der Waals surface area (Å²) in [6.45, 7) is 2.91. The second kappa shape index (κ2) is 5.95. The SMILES string of the molecule is CC1OCCC1SCc1ccc(C(=O)O)cc1Cl. The molecule has 1 N–H and O–H groups in total. The topological polar surface area (TPSA) is 46.5 Å². The van der Waals surface area contributed by atoms with Crippen LogP contribution in [-0.4, -0.2) is 29.0 Å². The van der Waals surface area contributed by atoms with Crippen molar-refractivity contribution in [3.63, 3.8) is 0 Å². The van der Waals surface area contributed by atoms with Gasteiger partial charge in [-0.05, 0) is 31.0 Å². The molecule has 98 valence electrons. The smallest absolute Gasteiger partial charge is 0.335 e. The van der Waals surface area contributed by atoms with E-state index in [0.717, 1.165) is 24.3 Å². The van der Waals surface area contributed by atoms with Gasteiger partial charge in [0.1, 0.15) is 0 Å². The summed E-state index contributed by atoms with van der Waals surface area (Å²) in [6.07, 6.45) is 1.35. The Labute approximate surface area is 115 Å².